The number of nitrogens with zero attached hydrogens (tertiary/aromatic N) is 1. The van der Waals surface area contributed by atoms with E-state index in [-0.39, 0.29) is 6.42 Å². The summed E-state index contributed by atoms with van der Waals surface area (Å²) in [6, 6.07) is 5.16. The van der Waals surface area contributed by atoms with Crippen LogP contribution < -0.4 is 4.74 Å². The lowest BCUT2D eigenvalue weighted by Crippen LogP contribution is -2.04. The van der Waals surface area contributed by atoms with E-state index in [9.17, 15) is 4.79 Å². The van der Waals surface area contributed by atoms with Crippen molar-refractivity contribution < 1.29 is 14.6 Å². The average Bonchev–Trinajstić information content (AvgIpc) is 2.21. The van der Waals surface area contributed by atoms with Crippen molar-refractivity contribution in [1.29, 1.82) is 5.26 Å². The fraction of sp³-hybridized carbons (Fsp3) is 0.273. The van der Waals surface area contributed by atoms with E-state index in [2.05, 4.69) is 15.9 Å². The lowest BCUT2D eigenvalue weighted by Gasteiger charge is -2.10. The number of benzene rings is 1. The molecule has 1 N–H and O–H groups in total. The first-order valence-corrected chi connectivity index (χ1v) is 5.45. The van der Waals surface area contributed by atoms with E-state index in [1.54, 1.807) is 19.1 Å². The van der Waals surface area contributed by atoms with Gasteiger partial charge in [0.2, 0.25) is 0 Å². The number of hydrogen-bond acceptors (Lipinski definition) is 3. The Hall–Kier alpha value is -1.54. The van der Waals surface area contributed by atoms with Crippen molar-refractivity contribution in [3.63, 3.8) is 0 Å². The smallest absolute Gasteiger partial charge is 0.307 e. The number of ether oxygens (including phenoxy) is 1. The number of carboxylic acids is 1. The van der Waals surface area contributed by atoms with Crippen LogP contribution in [0.15, 0.2) is 16.6 Å². The second-order valence-corrected chi connectivity index (χ2v) is 3.91. The fourth-order valence-corrected chi connectivity index (χ4v) is 1.75. The number of aliphatic carboxylic acids is 1. The molecule has 0 saturated heterocycles. The van der Waals surface area contributed by atoms with Crippen molar-refractivity contribution in [3.8, 4) is 11.8 Å². The van der Waals surface area contributed by atoms with Crippen LogP contribution in [-0.2, 0) is 11.2 Å². The topological polar surface area (TPSA) is 70.3 Å². The fourth-order valence-electron chi connectivity index (χ4n) is 1.27. The third kappa shape index (κ3) is 2.97. The summed E-state index contributed by atoms with van der Waals surface area (Å²) >= 11 is 3.21. The van der Waals surface area contributed by atoms with Crippen LogP contribution >= 0.6 is 15.9 Å². The zero-order chi connectivity index (χ0) is 12.1. The van der Waals surface area contributed by atoms with Gasteiger partial charge in [-0.25, -0.2) is 0 Å². The molecule has 0 aliphatic rings. The molecule has 0 unspecified atom stereocenters. The van der Waals surface area contributed by atoms with E-state index in [1.165, 1.54) is 0 Å². The van der Waals surface area contributed by atoms with Crippen molar-refractivity contribution in [3.05, 3.63) is 27.7 Å². The Morgan fingerprint density at radius 3 is 2.81 bits per heavy atom. The third-order valence-electron chi connectivity index (χ3n) is 1.91. The molecule has 0 saturated carbocycles. The van der Waals surface area contributed by atoms with Crippen LogP contribution in [0.1, 0.15) is 18.1 Å². The minimum Gasteiger partial charge on any atom is -0.494 e. The van der Waals surface area contributed by atoms with Gasteiger partial charge < -0.3 is 9.84 Å². The SMILES string of the molecule is CCOc1cc(C#N)c(Br)cc1CC(=O)O. The summed E-state index contributed by atoms with van der Waals surface area (Å²) in [6.45, 7) is 2.23. The van der Waals surface area contributed by atoms with Crippen molar-refractivity contribution >= 4 is 21.9 Å². The summed E-state index contributed by atoms with van der Waals surface area (Å²) in [5.74, 6) is -0.484. The maximum atomic E-state index is 10.7. The third-order valence-corrected chi connectivity index (χ3v) is 2.57. The number of nitriles is 1. The second-order valence-electron chi connectivity index (χ2n) is 3.06. The van der Waals surface area contributed by atoms with Crippen molar-refractivity contribution in [2.24, 2.45) is 0 Å². The first-order valence-electron chi connectivity index (χ1n) is 4.65. The van der Waals surface area contributed by atoms with E-state index >= 15 is 0 Å². The van der Waals surface area contributed by atoms with E-state index < -0.39 is 5.97 Å². The standard InChI is InChI=1S/C11H10BrNO3/c1-2-16-10-4-8(6-13)9(12)3-7(10)5-11(14)15/h3-4H,2,5H2,1H3,(H,14,15). The Kier molecular flexibility index (Phi) is 4.32. The molecule has 0 spiro atoms. The Morgan fingerprint density at radius 2 is 2.31 bits per heavy atom. The first kappa shape index (κ1) is 12.5. The molecular formula is C11H10BrNO3. The lowest BCUT2D eigenvalue weighted by atomic mass is 10.1. The van der Waals surface area contributed by atoms with Crippen LogP contribution in [0.3, 0.4) is 0 Å². The highest BCUT2D eigenvalue weighted by Gasteiger charge is 2.12. The second kappa shape index (κ2) is 5.52. The van der Waals surface area contributed by atoms with Gasteiger partial charge in [-0.3, -0.25) is 4.79 Å². The zero-order valence-corrected chi connectivity index (χ0v) is 10.2. The van der Waals surface area contributed by atoms with Gasteiger partial charge >= 0.3 is 5.97 Å². The molecule has 84 valence electrons. The summed E-state index contributed by atoms with van der Waals surface area (Å²) in [7, 11) is 0. The largest absolute Gasteiger partial charge is 0.494 e. The Balaban J connectivity index is 3.19. The molecule has 0 atom stereocenters. The number of halogens is 1. The molecule has 0 aromatic heterocycles. The molecule has 0 amide bonds. The van der Waals surface area contributed by atoms with E-state index in [0.29, 0.717) is 28.0 Å². The predicted molar refractivity (Wildman–Crippen MR) is 61.4 cm³/mol. The van der Waals surface area contributed by atoms with Gasteiger partial charge in [0.05, 0.1) is 18.6 Å². The average molecular weight is 284 g/mol. The molecule has 0 aliphatic carbocycles. The molecular weight excluding hydrogens is 274 g/mol. The van der Waals surface area contributed by atoms with Crippen LogP contribution in [-0.4, -0.2) is 17.7 Å². The maximum absolute atomic E-state index is 10.7. The zero-order valence-electron chi connectivity index (χ0n) is 8.66. The molecule has 1 aromatic rings. The first-order chi connectivity index (χ1) is 7.58. The van der Waals surface area contributed by atoms with E-state index in [4.69, 9.17) is 15.1 Å². The van der Waals surface area contributed by atoms with Gasteiger partial charge in [0.25, 0.3) is 0 Å². The minimum absolute atomic E-state index is 0.125. The van der Waals surface area contributed by atoms with Gasteiger partial charge in [0.15, 0.2) is 0 Å². The Labute approximate surface area is 102 Å². The summed E-state index contributed by atoms with van der Waals surface area (Å²) < 4.78 is 5.88. The van der Waals surface area contributed by atoms with Gasteiger partial charge in [-0.1, -0.05) is 0 Å². The molecule has 0 fully saturated rings. The predicted octanol–water partition coefficient (Wildman–Crippen LogP) is 2.35. The Bertz CT molecular complexity index is 451. The molecule has 5 heteroatoms. The Morgan fingerprint density at radius 1 is 1.62 bits per heavy atom. The van der Waals surface area contributed by atoms with Crippen LogP contribution in [0.2, 0.25) is 0 Å². The molecule has 1 aromatic carbocycles. The molecule has 0 radical (unpaired) electrons. The van der Waals surface area contributed by atoms with Gasteiger partial charge in [-0.2, -0.15) is 5.26 Å². The monoisotopic (exact) mass is 283 g/mol. The van der Waals surface area contributed by atoms with Crippen LogP contribution in [0.25, 0.3) is 0 Å². The quantitative estimate of drug-likeness (QED) is 0.921. The molecule has 0 heterocycles. The van der Waals surface area contributed by atoms with Crippen LogP contribution in [0.5, 0.6) is 5.75 Å². The maximum Gasteiger partial charge on any atom is 0.307 e. The molecule has 4 nitrogen and oxygen atoms in total. The summed E-state index contributed by atoms with van der Waals surface area (Å²) in [5, 5.41) is 17.6. The van der Waals surface area contributed by atoms with Crippen molar-refractivity contribution in [2.45, 2.75) is 13.3 Å². The summed E-state index contributed by atoms with van der Waals surface area (Å²) in [6.07, 6.45) is -0.125. The van der Waals surface area contributed by atoms with Crippen molar-refractivity contribution in [2.75, 3.05) is 6.61 Å². The molecule has 1 rings (SSSR count). The van der Waals surface area contributed by atoms with Gasteiger partial charge in [-0.15, -0.1) is 0 Å². The van der Waals surface area contributed by atoms with Gasteiger partial charge in [-0.05, 0) is 35.0 Å². The van der Waals surface area contributed by atoms with Crippen molar-refractivity contribution in [1.82, 2.24) is 0 Å². The van der Waals surface area contributed by atoms with Crippen LogP contribution in [0, 0.1) is 11.3 Å². The number of carbonyl (C=O) groups is 1. The summed E-state index contributed by atoms with van der Waals surface area (Å²) in [5.41, 5.74) is 0.984. The van der Waals surface area contributed by atoms with Crippen LogP contribution in [0.4, 0.5) is 0 Å². The molecule has 0 aliphatic heterocycles. The number of rotatable bonds is 4. The number of hydrogen-bond donors (Lipinski definition) is 1. The summed E-state index contributed by atoms with van der Waals surface area (Å²) in [4.78, 5) is 10.7. The molecule has 0 bridgehead atoms. The highest BCUT2D eigenvalue weighted by atomic mass is 79.9. The van der Waals surface area contributed by atoms with E-state index in [1.807, 2.05) is 6.07 Å². The number of carboxylic acid groups (broad SMARTS) is 1. The minimum atomic E-state index is -0.933. The highest BCUT2D eigenvalue weighted by molar-refractivity contribution is 9.10. The van der Waals surface area contributed by atoms with E-state index in [0.717, 1.165) is 0 Å². The lowest BCUT2D eigenvalue weighted by molar-refractivity contribution is -0.136. The van der Waals surface area contributed by atoms with Gasteiger partial charge in [0, 0.05) is 10.0 Å². The normalized spacial score (nSPS) is 9.56. The molecule has 16 heavy (non-hydrogen) atoms. The van der Waals surface area contributed by atoms with Gasteiger partial charge in [0.1, 0.15) is 11.8 Å². The highest BCUT2D eigenvalue weighted by Crippen LogP contribution is 2.27.